The molecule has 3 atom stereocenters. The van der Waals surface area contributed by atoms with E-state index in [0.29, 0.717) is 30.2 Å². The molecule has 2 aliphatic rings. The summed E-state index contributed by atoms with van der Waals surface area (Å²) in [4.78, 5) is 4.70. The maximum atomic E-state index is 5.74. The minimum Gasteiger partial charge on any atom is -0.493 e. The van der Waals surface area contributed by atoms with E-state index in [1.807, 2.05) is 18.3 Å². The molecule has 1 N–H and O–H groups in total. The lowest BCUT2D eigenvalue weighted by molar-refractivity contribution is 0.324. The minimum atomic E-state index is 0.293. The molecule has 34 heavy (non-hydrogen) atoms. The Morgan fingerprint density at radius 1 is 1.15 bits per heavy atom. The summed E-state index contributed by atoms with van der Waals surface area (Å²) in [5.74, 6) is 2.44. The number of halogens is 1. The van der Waals surface area contributed by atoms with Gasteiger partial charge in [0.2, 0.25) is 0 Å². The highest BCUT2D eigenvalue weighted by atomic mass is 127. The van der Waals surface area contributed by atoms with Gasteiger partial charge in [-0.2, -0.15) is 0 Å². The van der Waals surface area contributed by atoms with Gasteiger partial charge in [-0.05, 0) is 82.0 Å². The van der Waals surface area contributed by atoms with Gasteiger partial charge < -0.3 is 14.8 Å². The topological polar surface area (TPSA) is 42.8 Å². The zero-order valence-electron chi connectivity index (χ0n) is 19.1. The van der Waals surface area contributed by atoms with Crippen LogP contribution in [0.4, 0.5) is 11.4 Å². The molecule has 5 rings (SSSR count). The average molecular weight is 562 g/mol. The third-order valence-corrected chi connectivity index (χ3v) is 7.29. The van der Waals surface area contributed by atoms with E-state index in [4.69, 9.17) is 14.5 Å². The third-order valence-electron chi connectivity index (χ3n) is 6.48. The molecular formula is C29H27IN2O2. The summed E-state index contributed by atoms with van der Waals surface area (Å²) in [5, 5.41) is 3.79. The van der Waals surface area contributed by atoms with Crippen LogP contribution in [0, 0.1) is 9.49 Å². The Hall–Kier alpha value is -3.06. The summed E-state index contributed by atoms with van der Waals surface area (Å²) >= 11 is 2.26. The quantitative estimate of drug-likeness (QED) is 0.185. The van der Waals surface area contributed by atoms with Crippen molar-refractivity contribution < 1.29 is 9.47 Å². The molecule has 0 radical (unpaired) electrons. The maximum absolute atomic E-state index is 5.74. The SMILES string of the molecule is C=CCOc1c(I)cc(C=Nc2ccc([C@@H]3Nc4ccccc4[C@@H]4C=CC[C@@H]43)cc2)cc1OC. The molecule has 172 valence electrons. The first-order valence-corrected chi connectivity index (χ1v) is 12.5. The number of allylic oxidation sites excluding steroid dienone is 2. The molecule has 1 heterocycles. The van der Waals surface area contributed by atoms with E-state index in [0.717, 1.165) is 27.0 Å². The molecule has 0 bridgehead atoms. The smallest absolute Gasteiger partial charge is 0.174 e. The first-order valence-electron chi connectivity index (χ1n) is 11.5. The fraction of sp³-hybridized carbons (Fsp3) is 0.207. The van der Waals surface area contributed by atoms with Gasteiger partial charge in [-0.1, -0.05) is 55.1 Å². The Kier molecular flexibility index (Phi) is 6.72. The number of rotatable bonds is 7. The molecule has 5 heteroatoms. The standard InChI is InChI=1S/C29H27IN2O2/c1-3-15-34-29-25(30)16-19(17-27(29)33-2)18-31-21-13-11-20(12-14-21)28-24-9-6-8-22(24)23-7-4-5-10-26(23)32-28/h3-8,10-14,16-18,22,24,28,32H,1,9,15H2,2H3/t22-,24-,28-/m0/s1. The van der Waals surface area contributed by atoms with Gasteiger partial charge >= 0.3 is 0 Å². The highest BCUT2D eigenvalue weighted by molar-refractivity contribution is 14.1. The molecular weight excluding hydrogens is 535 g/mol. The van der Waals surface area contributed by atoms with Crippen LogP contribution in [0.15, 0.2) is 90.5 Å². The van der Waals surface area contributed by atoms with E-state index in [1.165, 1.54) is 16.8 Å². The van der Waals surface area contributed by atoms with Gasteiger partial charge in [0.15, 0.2) is 11.5 Å². The third kappa shape index (κ3) is 4.49. The van der Waals surface area contributed by atoms with E-state index < -0.39 is 0 Å². The summed E-state index contributed by atoms with van der Waals surface area (Å²) in [5.41, 5.74) is 5.83. The highest BCUT2D eigenvalue weighted by Gasteiger charge is 2.37. The van der Waals surface area contributed by atoms with Crippen LogP contribution in [0.25, 0.3) is 0 Å². The van der Waals surface area contributed by atoms with E-state index in [9.17, 15) is 0 Å². The van der Waals surface area contributed by atoms with E-state index in [1.54, 1.807) is 13.2 Å². The number of ether oxygens (including phenoxy) is 2. The molecule has 4 nitrogen and oxygen atoms in total. The van der Waals surface area contributed by atoms with Gasteiger partial charge in [0.1, 0.15) is 6.61 Å². The predicted molar refractivity (Wildman–Crippen MR) is 148 cm³/mol. The lowest BCUT2D eigenvalue weighted by Crippen LogP contribution is -2.28. The molecule has 0 saturated carbocycles. The number of hydrogen-bond acceptors (Lipinski definition) is 4. The van der Waals surface area contributed by atoms with Crippen molar-refractivity contribution in [1.29, 1.82) is 0 Å². The van der Waals surface area contributed by atoms with Crippen LogP contribution in [0.3, 0.4) is 0 Å². The van der Waals surface area contributed by atoms with Crippen LogP contribution in [-0.2, 0) is 0 Å². The molecule has 3 aromatic carbocycles. The van der Waals surface area contributed by atoms with Crippen molar-refractivity contribution in [3.63, 3.8) is 0 Å². The second-order valence-corrected chi connectivity index (χ2v) is 9.71. The number of fused-ring (bicyclic) bond motifs is 3. The van der Waals surface area contributed by atoms with Crippen molar-refractivity contribution >= 4 is 40.2 Å². The monoisotopic (exact) mass is 562 g/mol. The Labute approximate surface area is 214 Å². The fourth-order valence-corrected chi connectivity index (χ4v) is 5.67. The minimum absolute atomic E-state index is 0.293. The van der Waals surface area contributed by atoms with E-state index in [-0.39, 0.29) is 0 Å². The Bertz CT molecular complexity index is 1250. The molecule has 3 aromatic rings. The lowest BCUT2D eigenvalue weighted by Gasteiger charge is -2.37. The van der Waals surface area contributed by atoms with Crippen molar-refractivity contribution in [2.45, 2.75) is 18.4 Å². The molecule has 0 amide bonds. The molecule has 1 aliphatic carbocycles. The Morgan fingerprint density at radius 3 is 2.76 bits per heavy atom. The summed E-state index contributed by atoms with van der Waals surface area (Å²) in [7, 11) is 1.65. The van der Waals surface area contributed by atoms with Crippen LogP contribution in [0.2, 0.25) is 0 Å². The summed E-state index contributed by atoms with van der Waals surface area (Å²) < 4.78 is 12.2. The average Bonchev–Trinajstić information content (AvgIpc) is 3.37. The van der Waals surface area contributed by atoms with Gasteiger partial charge in [-0.3, -0.25) is 4.99 Å². The number of aliphatic imine (C=N–C) groups is 1. The van der Waals surface area contributed by atoms with Crippen LogP contribution in [-0.4, -0.2) is 19.9 Å². The van der Waals surface area contributed by atoms with Crippen molar-refractivity contribution in [3.05, 3.63) is 106 Å². The van der Waals surface area contributed by atoms with Crippen LogP contribution < -0.4 is 14.8 Å². The first kappa shape index (κ1) is 22.7. The molecule has 0 unspecified atom stereocenters. The van der Waals surface area contributed by atoms with Crippen LogP contribution in [0.1, 0.15) is 35.1 Å². The number of nitrogens with zero attached hydrogens (tertiary/aromatic N) is 1. The van der Waals surface area contributed by atoms with Crippen molar-refractivity contribution in [2.24, 2.45) is 10.9 Å². The van der Waals surface area contributed by atoms with Gasteiger partial charge in [-0.25, -0.2) is 0 Å². The summed E-state index contributed by atoms with van der Waals surface area (Å²) in [6.45, 7) is 4.14. The zero-order chi connectivity index (χ0) is 23.5. The Morgan fingerprint density at radius 2 is 1.97 bits per heavy atom. The normalized spacial score (nSPS) is 20.5. The van der Waals surface area contributed by atoms with Gasteiger partial charge in [0.25, 0.3) is 0 Å². The first-order chi connectivity index (χ1) is 16.7. The molecule has 0 fully saturated rings. The van der Waals surface area contributed by atoms with Gasteiger partial charge in [0.05, 0.1) is 22.4 Å². The van der Waals surface area contributed by atoms with Crippen molar-refractivity contribution in [1.82, 2.24) is 0 Å². The number of methoxy groups -OCH3 is 1. The van der Waals surface area contributed by atoms with E-state index in [2.05, 4.69) is 95.2 Å². The molecule has 0 spiro atoms. The number of para-hydroxylation sites is 1. The van der Waals surface area contributed by atoms with Gasteiger partial charge in [-0.15, -0.1) is 0 Å². The van der Waals surface area contributed by atoms with Crippen molar-refractivity contribution in [3.8, 4) is 11.5 Å². The highest BCUT2D eigenvalue weighted by Crippen LogP contribution is 2.49. The molecule has 0 aromatic heterocycles. The summed E-state index contributed by atoms with van der Waals surface area (Å²) in [6.07, 6.45) is 9.39. The molecule has 0 saturated heterocycles. The van der Waals surface area contributed by atoms with Crippen molar-refractivity contribution in [2.75, 3.05) is 19.0 Å². The van der Waals surface area contributed by atoms with Gasteiger partial charge in [0, 0.05) is 17.8 Å². The van der Waals surface area contributed by atoms with E-state index >= 15 is 0 Å². The number of anilines is 1. The van der Waals surface area contributed by atoms with Crippen LogP contribution in [0.5, 0.6) is 11.5 Å². The second-order valence-electron chi connectivity index (χ2n) is 8.55. The predicted octanol–water partition coefficient (Wildman–Crippen LogP) is 7.44. The Balaban J connectivity index is 1.34. The number of hydrogen-bond donors (Lipinski definition) is 1. The maximum Gasteiger partial charge on any atom is 0.174 e. The second kappa shape index (κ2) is 10.1. The summed E-state index contributed by atoms with van der Waals surface area (Å²) in [6, 6.07) is 21.5. The fourth-order valence-electron chi connectivity index (χ4n) is 4.89. The zero-order valence-corrected chi connectivity index (χ0v) is 21.2. The number of benzene rings is 3. The lowest BCUT2D eigenvalue weighted by atomic mass is 9.77. The number of nitrogens with one attached hydrogen (secondary N) is 1. The van der Waals surface area contributed by atoms with Crippen LogP contribution >= 0.6 is 22.6 Å². The largest absolute Gasteiger partial charge is 0.493 e. The molecule has 1 aliphatic heterocycles.